The zero-order chi connectivity index (χ0) is 9.14. The van der Waals surface area contributed by atoms with E-state index in [1.807, 2.05) is 0 Å². The molecule has 0 aliphatic heterocycles. The molecule has 0 heterocycles. The Hall–Kier alpha value is -1.16. The smallest absolute Gasteiger partial charge is 0.337 e. The molecule has 1 N–H and O–H groups in total. The maximum absolute atomic E-state index is 12.6. The first-order valence-electron chi connectivity index (χ1n) is 3.45. The molecular formula is C8H9FO3. The van der Waals surface area contributed by atoms with Gasteiger partial charge in [-0.2, -0.15) is 0 Å². The van der Waals surface area contributed by atoms with Crippen LogP contribution in [0.15, 0.2) is 23.8 Å². The monoisotopic (exact) mass is 172 g/mol. The maximum Gasteiger partial charge on any atom is 0.337 e. The van der Waals surface area contributed by atoms with E-state index in [0.29, 0.717) is 0 Å². The molecule has 1 rings (SSSR count). The number of carbonyl (C=O) groups is 1. The highest BCUT2D eigenvalue weighted by atomic mass is 19.1. The van der Waals surface area contributed by atoms with Crippen LogP contribution >= 0.6 is 0 Å². The molecule has 0 saturated heterocycles. The van der Waals surface area contributed by atoms with E-state index in [-0.39, 0.29) is 5.57 Å². The fourth-order valence-electron chi connectivity index (χ4n) is 0.895. The molecule has 0 saturated carbocycles. The van der Waals surface area contributed by atoms with Crippen LogP contribution in [0.4, 0.5) is 4.39 Å². The van der Waals surface area contributed by atoms with Gasteiger partial charge in [-0.3, -0.25) is 0 Å². The molecule has 3 nitrogen and oxygen atoms in total. The van der Waals surface area contributed by atoms with E-state index in [1.165, 1.54) is 13.2 Å². The number of aliphatic hydroxyl groups is 1. The number of hydrogen-bond donors (Lipinski definition) is 1. The van der Waals surface area contributed by atoms with Gasteiger partial charge in [0.1, 0.15) is 12.3 Å². The van der Waals surface area contributed by atoms with Gasteiger partial charge in [0, 0.05) is 0 Å². The minimum atomic E-state index is -1.43. The summed E-state index contributed by atoms with van der Waals surface area (Å²) in [6.45, 7) is 0. The van der Waals surface area contributed by atoms with E-state index in [9.17, 15) is 9.18 Å². The van der Waals surface area contributed by atoms with Gasteiger partial charge in [0.05, 0.1) is 12.7 Å². The summed E-state index contributed by atoms with van der Waals surface area (Å²) in [6.07, 6.45) is 0.874. The third-order valence-corrected chi connectivity index (χ3v) is 1.56. The number of aliphatic hydroxyl groups excluding tert-OH is 1. The number of rotatable bonds is 1. The van der Waals surface area contributed by atoms with E-state index in [1.54, 1.807) is 0 Å². The normalized spacial score (nSPS) is 28.1. The number of hydrogen-bond acceptors (Lipinski definition) is 3. The molecule has 0 radical (unpaired) electrons. The average molecular weight is 172 g/mol. The van der Waals surface area contributed by atoms with Crippen molar-refractivity contribution in [1.82, 2.24) is 0 Å². The van der Waals surface area contributed by atoms with Crippen LogP contribution in [0.25, 0.3) is 0 Å². The number of halogens is 1. The van der Waals surface area contributed by atoms with Gasteiger partial charge in [-0.25, -0.2) is 9.18 Å². The minimum Gasteiger partial charge on any atom is -0.465 e. The van der Waals surface area contributed by atoms with Gasteiger partial charge in [0.15, 0.2) is 0 Å². The standard InChI is InChI=1S/C8H9FO3/c1-12-8(11)5-2-3-6(9)7(10)4-5/h2-4,6-7,10H,1H3. The topological polar surface area (TPSA) is 46.5 Å². The van der Waals surface area contributed by atoms with Crippen LogP contribution in [-0.2, 0) is 9.53 Å². The van der Waals surface area contributed by atoms with Crippen molar-refractivity contribution in [3.63, 3.8) is 0 Å². The van der Waals surface area contributed by atoms with Crippen molar-refractivity contribution in [2.24, 2.45) is 0 Å². The van der Waals surface area contributed by atoms with Crippen molar-refractivity contribution >= 4 is 5.97 Å². The molecule has 0 aromatic heterocycles. The lowest BCUT2D eigenvalue weighted by Crippen LogP contribution is -2.22. The van der Waals surface area contributed by atoms with Gasteiger partial charge in [-0.1, -0.05) is 0 Å². The van der Waals surface area contributed by atoms with Crippen LogP contribution < -0.4 is 0 Å². The van der Waals surface area contributed by atoms with Crippen LogP contribution in [0.1, 0.15) is 0 Å². The van der Waals surface area contributed by atoms with Crippen LogP contribution in [0.2, 0.25) is 0 Å². The van der Waals surface area contributed by atoms with Gasteiger partial charge < -0.3 is 9.84 Å². The Bertz CT molecular complexity index is 245. The molecule has 0 spiro atoms. The first kappa shape index (κ1) is 8.93. The molecule has 4 heteroatoms. The van der Waals surface area contributed by atoms with Gasteiger partial charge in [0.2, 0.25) is 0 Å². The largest absolute Gasteiger partial charge is 0.465 e. The third kappa shape index (κ3) is 1.71. The fourth-order valence-corrected chi connectivity index (χ4v) is 0.895. The number of alkyl halides is 1. The summed E-state index contributed by atoms with van der Waals surface area (Å²) in [5.41, 5.74) is 0.180. The third-order valence-electron chi connectivity index (χ3n) is 1.56. The van der Waals surface area contributed by atoms with Crippen molar-refractivity contribution in [2.75, 3.05) is 7.11 Å². The highest BCUT2D eigenvalue weighted by Gasteiger charge is 2.20. The molecule has 0 amide bonds. The lowest BCUT2D eigenvalue weighted by Gasteiger charge is -2.13. The predicted octanol–water partition coefficient (Wildman–Crippen LogP) is 0.355. The Morgan fingerprint density at radius 3 is 2.92 bits per heavy atom. The van der Waals surface area contributed by atoms with Gasteiger partial charge >= 0.3 is 5.97 Å². The number of ether oxygens (including phenoxy) is 1. The van der Waals surface area contributed by atoms with Crippen molar-refractivity contribution in [1.29, 1.82) is 0 Å². The molecular weight excluding hydrogens is 163 g/mol. The molecule has 0 aromatic rings. The average Bonchev–Trinajstić information content (AvgIpc) is 2.08. The summed E-state index contributed by atoms with van der Waals surface area (Å²) in [7, 11) is 1.23. The molecule has 0 aromatic carbocycles. The van der Waals surface area contributed by atoms with Crippen LogP contribution in [0, 0.1) is 0 Å². The van der Waals surface area contributed by atoms with E-state index in [2.05, 4.69) is 4.74 Å². The van der Waals surface area contributed by atoms with Gasteiger partial charge in [-0.15, -0.1) is 0 Å². The lowest BCUT2D eigenvalue weighted by molar-refractivity contribution is -0.135. The van der Waals surface area contributed by atoms with Gasteiger partial charge in [-0.05, 0) is 18.2 Å². The Kier molecular flexibility index (Phi) is 2.60. The predicted molar refractivity (Wildman–Crippen MR) is 40.1 cm³/mol. The summed E-state index contributed by atoms with van der Waals surface area (Å²) < 4.78 is 17.0. The molecule has 2 unspecified atom stereocenters. The molecule has 0 bridgehead atoms. The van der Waals surface area contributed by atoms with Crippen LogP contribution in [0.3, 0.4) is 0 Å². The molecule has 12 heavy (non-hydrogen) atoms. The second-order valence-electron chi connectivity index (χ2n) is 2.41. The van der Waals surface area contributed by atoms with E-state index >= 15 is 0 Å². The van der Waals surface area contributed by atoms with Gasteiger partial charge in [0.25, 0.3) is 0 Å². The van der Waals surface area contributed by atoms with E-state index in [0.717, 1.165) is 12.2 Å². The Morgan fingerprint density at radius 1 is 1.75 bits per heavy atom. The number of esters is 1. The SMILES string of the molecule is COC(=O)C1=CC(O)C(F)C=C1. The van der Waals surface area contributed by atoms with Crippen molar-refractivity contribution < 1.29 is 19.0 Å². The highest BCUT2D eigenvalue weighted by Crippen LogP contribution is 2.14. The summed E-state index contributed by atoms with van der Waals surface area (Å²) in [5.74, 6) is -0.572. The van der Waals surface area contributed by atoms with Crippen molar-refractivity contribution in [2.45, 2.75) is 12.3 Å². The summed E-state index contributed by atoms with van der Waals surface area (Å²) in [5, 5.41) is 8.98. The molecule has 0 fully saturated rings. The highest BCUT2D eigenvalue weighted by molar-refractivity contribution is 5.91. The first-order valence-corrected chi connectivity index (χ1v) is 3.45. The second kappa shape index (κ2) is 3.49. The zero-order valence-corrected chi connectivity index (χ0v) is 6.53. The quantitative estimate of drug-likeness (QED) is 0.581. The fraction of sp³-hybridized carbons (Fsp3) is 0.375. The minimum absolute atomic E-state index is 0.180. The lowest BCUT2D eigenvalue weighted by atomic mass is 10.0. The van der Waals surface area contributed by atoms with Crippen LogP contribution in [-0.4, -0.2) is 30.5 Å². The molecule has 66 valence electrons. The maximum atomic E-state index is 12.6. The van der Waals surface area contributed by atoms with Crippen molar-refractivity contribution in [3.8, 4) is 0 Å². The Balaban J connectivity index is 2.76. The zero-order valence-electron chi connectivity index (χ0n) is 6.53. The van der Waals surface area contributed by atoms with Crippen molar-refractivity contribution in [3.05, 3.63) is 23.8 Å². The van der Waals surface area contributed by atoms with Crippen LogP contribution in [0.5, 0.6) is 0 Å². The van der Waals surface area contributed by atoms with E-state index in [4.69, 9.17) is 5.11 Å². The number of methoxy groups -OCH3 is 1. The van der Waals surface area contributed by atoms with E-state index < -0.39 is 18.2 Å². The molecule has 2 atom stereocenters. The molecule has 1 aliphatic rings. The number of carbonyl (C=O) groups excluding carboxylic acids is 1. The second-order valence-corrected chi connectivity index (χ2v) is 2.41. The molecule has 1 aliphatic carbocycles. The summed E-state index contributed by atoms with van der Waals surface area (Å²) >= 11 is 0. The Labute approximate surface area is 69.1 Å². The first-order chi connectivity index (χ1) is 5.65. The Morgan fingerprint density at radius 2 is 2.42 bits per heavy atom. The summed E-state index contributed by atoms with van der Waals surface area (Å²) in [4.78, 5) is 10.8. The summed E-state index contributed by atoms with van der Waals surface area (Å²) in [6, 6.07) is 0.